The van der Waals surface area contributed by atoms with E-state index in [0.717, 1.165) is 40.4 Å². The molecule has 0 aromatic carbocycles. The molecule has 0 aromatic heterocycles. The Bertz CT molecular complexity index is 86.2. The van der Waals surface area contributed by atoms with E-state index in [1.807, 2.05) is 0 Å². The molecule has 0 bridgehead atoms. The monoisotopic (exact) mass is 176 g/mol. The molecule has 0 saturated heterocycles. The first-order valence-corrected chi connectivity index (χ1v) is 5.55. The third-order valence-electron chi connectivity index (χ3n) is 1.29. The smallest absolute Gasteiger partial charge is 0.120 e. The average Bonchev–Trinajstić information content (AvgIpc) is 2.03. The average molecular weight is 176 g/mol. The van der Waals surface area contributed by atoms with E-state index in [-0.39, 0.29) is 0 Å². The maximum atomic E-state index is 9.90. The summed E-state index contributed by atoms with van der Waals surface area (Å²) in [5.74, 6) is 0. The van der Waals surface area contributed by atoms with Crippen molar-refractivity contribution in [1.29, 1.82) is 0 Å². The Balaban J connectivity index is 2.74. The van der Waals surface area contributed by atoms with Crippen LogP contribution in [0, 0.1) is 0 Å². The van der Waals surface area contributed by atoms with Crippen LogP contribution in [0.3, 0.4) is 0 Å². The highest BCUT2D eigenvalue weighted by atomic mass is 31.1. The topological polar surface area (TPSA) is 26.3 Å². The Labute approximate surface area is 70.5 Å². The van der Waals surface area contributed by atoms with Crippen LogP contribution in [-0.2, 0) is 9.53 Å². The summed E-state index contributed by atoms with van der Waals surface area (Å²) in [6.45, 7) is 3.03. The molecule has 0 aromatic rings. The van der Waals surface area contributed by atoms with Crippen LogP contribution in [0.2, 0.25) is 0 Å². The zero-order valence-corrected chi connectivity index (χ0v) is 8.14. The zero-order chi connectivity index (χ0) is 8.36. The van der Waals surface area contributed by atoms with Gasteiger partial charge in [0, 0.05) is 13.0 Å². The van der Waals surface area contributed by atoms with Gasteiger partial charge < -0.3 is 9.53 Å². The number of carbonyl (C=O) groups excluding carboxylic acids is 1. The maximum Gasteiger partial charge on any atom is 0.120 e. The van der Waals surface area contributed by atoms with Crippen LogP contribution in [-0.4, -0.2) is 25.4 Å². The fraction of sp³-hybridized carbons (Fsp3) is 0.875. The summed E-state index contributed by atoms with van der Waals surface area (Å²) < 4.78 is 5.32. The summed E-state index contributed by atoms with van der Waals surface area (Å²) in [7, 11) is 0.797. The van der Waals surface area contributed by atoms with Gasteiger partial charge in [0.1, 0.15) is 6.29 Å². The minimum absolute atomic E-state index is 0.690. The van der Waals surface area contributed by atoms with Crippen molar-refractivity contribution in [3.05, 3.63) is 0 Å². The number of aldehydes is 1. The van der Waals surface area contributed by atoms with Crippen molar-refractivity contribution >= 4 is 14.9 Å². The first-order chi connectivity index (χ1) is 5.41. The molecular formula is C8H17O2P. The first-order valence-electron chi connectivity index (χ1n) is 4.14. The third-order valence-corrected chi connectivity index (χ3v) is 2.34. The predicted octanol–water partition coefficient (Wildman–Crippen LogP) is 2.03. The lowest BCUT2D eigenvalue weighted by molar-refractivity contribution is -0.107. The summed E-state index contributed by atoms with van der Waals surface area (Å²) >= 11 is 0. The lowest BCUT2D eigenvalue weighted by Crippen LogP contribution is -1.92. The molecule has 0 aliphatic rings. The van der Waals surface area contributed by atoms with Crippen LogP contribution in [0.15, 0.2) is 0 Å². The van der Waals surface area contributed by atoms with Gasteiger partial charge in [0.05, 0.1) is 6.35 Å². The summed E-state index contributed by atoms with van der Waals surface area (Å²) in [6.07, 6.45) is 5.84. The van der Waals surface area contributed by atoms with Crippen LogP contribution in [0.25, 0.3) is 0 Å². The van der Waals surface area contributed by atoms with Crippen molar-refractivity contribution in [2.45, 2.75) is 26.2 Å². The van der Waals surface area contributed by atoms with E-state index >= 15 is 0 Å². The Morgan fingerprint density at radius 3 is 3.00 bits per heavy atom. The molecule has 0 N–H and O–H groups in total. The Morgan fingerprint density at radius 1 is 1.55 bits per heavy atom. The van der Waals surface area contributed by atoms with E-state index in [1.165, 1.54) is 6.42 Å². The zero-order valence-electron chi connectivity index (χ0n) is 7.14. The first kappa shape index (κ1) is 11.1. The van der Waals surface area contributed by atoms with Crippen LogP contribution in [0.4, 0.5) is 0 Å². The van der Waals surface area contributed by atoms with Gasteiger partial charge in [0.2, 0.25) is 0 Å². The molecular weight excluding hydrogens is 159 g/mol. The standard InChI is InChI=1S/C8H17O2P/c1-2-3-6-10-8-11-7-4-5-9/h5,11H,2-4,6-8H2,1H3. The molecule has 66 valence electrons. The molecule has 0 aliphatic heterocycles. The summed E-state index contributed by atoms with van der Waals surface area (Å²) in [6, 6.07) is 0. The van der Waals surface area contributed by atoms with E-state index in [2.05, 4.69) is 6.92 Å². The fourth-order valence-corrected chi connectivity index (χ4v) is 1.38. The molecule has 2 nitrogen and oxygen atoms in total. The van der Waals surface area contributed by atoms with Gasteiger partial charge in [-0.3, -0.25) is 0 Å². The van der Waals surface area contributed by atoms with Gasteiger partial charge in [-0.2, -0.15) is 0 Å². The van der Waals surface area contributed by atoms with Gasteiger partial charge >= 0.3 is 0 Å². The quantitative estimate of drug-likeness (QED) is 0.321. The van der Waals surface area contributed by atoms with Crippen molar-refractivity contribution in [3.63, 3.8) is 0 Å². The van der Waals surface area contributed by atoms with Crippen molar-refractivity contribution in [2.24, 2.45) is 0 Å². The second-order valence-electron chi connectivity index (χ2n) is 2.36. The minimum atomic E-state index is 0.690. The molecule has 0 saturated carbocycles. The van der Waals surface area contributed by atoms with Gasteiger partial charge in [-0.25, -0.2) is 0 Å². The van der Waals surface area contributed by atoms with Crippen LogP contribution < -0.4 is 0 Å². The molecule has 0 amide bonds. The van der Waals surface area contributed by atoms with Crippen molar-refractivity contribution < 1.29 is 9.53 Å². The Hall–Kier alpha value is 0.0600. The second-order valence-corrected chi connectivity index (χ2v) is 3.65. The number of ether oxygens (including phenoxy) is 1. The van der Waals surface area contributed by atoms with E-state index in [4.69, 9.17) is 4.74 Å². The molecule has 0 radical (unpaired) electrons. The van der Waals surface area contributed by atoms with E-state index in [0.29, 0.717) is 6.42 Å². The number of hydrogen-bond donors (Lipinski definition) is 0. The molecule has 11 heavy (non-hydrogen) atoms. The van der Waals surface area contributed by atoms with Crippen LogP contribution in [0.5, 0.6) is 0 Å². The number of unbranched alkanes of at least 4 members (excludes halogenated alkanes) is 1. The summed E-state index contributed by atoms with van der Waals surface area (Å²) in [4.78, 5) is 9.90. The van der Waals surface area contributed by atoms with Gasteiger partial charge in [-0.1, -0.05) is 21.9 Å². The van der Waals surface area contributed by atoms with Crippen LogP contribution in [0.1, 0.15) is 26.2 Å². The highest BCUT2D eigenvalue weighted by Gasteiger charge is 1.87. The molecule has 0 rings (SSSR count). The molecule has 0 aliphatic carbocycles. The lowest BCUT2D eigenvalue weighted by Gasteiger charge is -2.00. The SMILES string of the molecule is CCCCOCPCCC=O. The second kappa shape index (κ2) is 10.1. The number of carbonyl (C=O) groups is 1. The van der Waals surface area contributed by atoms with E-state index in [9.17, 15) is 4.79 Å². The van der Waals surface area contributed by atoms with Crippen molar-refractivity contribution in [1.82, 2.24) is 0 Å². The number of hydrogen-bond acceptors (Lipinski definition) is 2. The highest BCUT2D eigenvalue weighted by molar-refractivity contribution is 7.37. The van der Waals surface area contributed by atoms with Gasteiger partial charge in [-0.05, 0) is 12.6 Å². The predicted molar refractivity (Wildman–Crippen MR) is 49.6 cm³/mol. The van der Waals surface area contributed by atoms with Crippen molar-refractivity contribution in [2.75, 3.05) is 19.1 Å². The summed E-state index contributed by atoms with van der Waals surface area (Å²) in [5.41, 5.74) is 0. The Morgan fingerprint density at radius 2 is 2.36 bits per heavy atom. The van der Waals surface area contributed by atoms with Gasteiger partial charge in [0.25, 0.3) is 0 Å². The largest absolute Gasteiger partial charge is 0.377 e. The molecule has 1 unspecified atom stereocenters. The molecule has 0 fully saturated rings. The Kier molecular flexibility index (Phi) is 10.1. The normalized spacial score (nSPS) is 11.0. The molecule has 1 atom stereocenters. The maximum absolute atomic E-state index is 9.90. The van der Waals surface area contributed by atoms with E-state index < -0.39 is 0 Å². The fourth-order valence-electron chi connectivity index (χ4n) is 0.624. The minimum Gasteiger partial charge on any atom is -0.377 e. The molecule has 0 heterocycles. The lowest BCUT2D eigenvalue weighted by atomic mass is 10.4. The molecule has 0 spiro atoms. The van der Waals surface area contributed by atoms with Gasteiger partial charge in [0.15, 0.2) is 0 Å². The highest BCUT2D eigenvalue weighted by Crippen LogP contribution is 2.10. The van der Waals surface area contributed by atoms with Crippen molar-refractivity contribution in [3.8, 4) is 0 Å². The third kappa shape index (κ3) is 10.1. The summed E-state index contributed by atoms with van der Waals surface area (Å²) in [5, 5.41) is 0. The van der Waals surface area contributed by atoms with Crippen LogP contribution >= 0.6 is 8.58 Å². The van der Waals surface area contributed by atoms with E-state index in [1.54, 1.807) is 0 Å². The van der Waals surface area contributed by atoms with Gasteiger partial charge in [-0.15, -0.1) is 0 Å². The molecule has 3 heteroatoms. The number of rotatable bonds is 8.